The maximum absolute atomic E-state index is 11.8. The topological polar surface area (TPSA) is 113 Å². The number of carbonyl (C=O) groups excluding carboxylic acids is 1. The van der Waals surface area contributed by atoms with Crippen molar-refractivity contribution >= 4 is 22.1 Å². The number of ether oxygens (including phenoxy) is 1. The van der Waals surface area contributed by atoms with Crippen LogP contribution in [0.3, 0.4) is 0 Å². The zero-order valence-corrected chi connectivity index (χ0v) is 12.3. The number of carboxylic acids is 1. The van der Waals surface area contributed by atoms with Gasteiger partial charge in [0.05, 0.1) is 18.9 Å². The van der Waals surface area contributed by atoms with E-state index in [0.717, 1.165) is 4.31 Å². The molecule has 0 fully saturated rings. The second kappa shape index (κ2) is 6.83. The van der Waals surface area contributed by atoms with Crippen LogP contribution in [-0.2, 0) is 24.5 Å². The first kappa shape index (κ1) is 17.8. The molecule has 2 N–H and O–H groups in total. The van der Waals surface area contributed by atoms with E-state index in [1.165, 1.54) is 14.2 Å². The molecule has 0 spiro atoms. The first-order valence-corrected chi connectivity index (χ1v) is 6.98. The van der Waals surface area contributed by atoms with Crippen molar-refractivity contribution in [3.8, 4) is 0 Å². The smallest absolute Gasteiger partial charge is 0.312 e. The molecule has 0 aromatic rings. The van der Waals surface area contributed by atoms with Gasteiger partial charge in [-0.2, -0.15) is 12.7 Å². The summed E-state index contributed by atoms with van der Waals surface area (Å²) in [4.78, 5) is 21.8. The van der Waals surface area contributed by atoms with Crippen LogP contribution in [0.5, 0.6) is 0 Å². The van der Waals surface area contributed by atoms with Gasteiger partial charge in [-0.25, -0.2) is 4.72 Å². The minimum absolute atomic E-state index is 0.139. The van der Waals surface area contributed by atoms with Crippen molar-refractivity contribution in [2.24, 2.45) is 5.41 Å². The highest BCUT2D eigenvalue weighted by molar-refractivity contribution is 7.87. The molecule has 8 nitrogen and oxygen atoms in total. The van der Waals surface area contributed by atoms with Gasteiger partial charge >= 0.3 is 11.9 Å². The first-order chi connectivity index (χ1) is 8.53. The second-order valence-electron chi connectivity index (χ2n) is 4.67. The molecule has 0 heterocycles. The number of carboxylic acid groups (broad SMARTS) is 1. The summed E-state index contributed by atoms with van der Waals surface area (Å²) in [6.45, 7) is 2.79. The lowest BCUT2D eigenvalue weighted by Gasteiger charge is -2.24. The molecule has 0 amide bonds. The third kappa shape index (κ3) is 5.99. The lowest BCUT2D eigenvalue weighted by molar-refractivity contribution is -0.150. The summed E-state index contributed by atoms with van der Waals surface area (Å²) in [5, 5.41) is 8.49. The molecule has 9 heteroatoms. The highest BCUT2D eigenvalue weighted by Crippen LogP contribution is 2.16. The SMILES string of the molecule is COC(=O)C(C)(C)CNS(=O)(=O)N(C)CCC(=O)O. The maximum Gasteiger partial charge on any atom is 0.312 e. The van der Waals surface area contributed by atoms with Crippen LogP contribution in [0.25, 0.3) is 0 Å². The highest BCUT2D eigenvalue weighted by Gasteiger charge is 2.31. The Bertz CT molecular complexity index is 431. The fraction of sp³-hybridized carbons (Fsp3) is 0.800. The summed E-state index contributed by atoms with van der Waals surface area (Å²) in [5.41, 5.74) is -1.00. The molecular formula is C10H20N2O6S. The molecule has 19 heavy (non-hydrogen) atoms. The van der Waals surface area contributed by atoms with Crippen LogP contribution in [0.2, 0.25) is 0 Å². The molecule has 0 aliphatic carbocycles. The zero-order chi connectivity index (χ0) is 15.3. The summed E-state index contributed by atoms with van der Waals surface area (Å²) >= 11 is 0. The first-order valence-electron chi connectivity index (χ1n) is 5.54. The Morgan fingerprint density at radius 1 is 1.37 bits per heavy atom. The maximum atomic E-state index is 11.8. The van der Waals surface area contributed by atoms with Gasteiger partial charge in [0.1, 0.15) is 0 Å². The van der Waals surface area contributed by atoms with Crippen LogP contribution in [0.15, 0.2) is 0 Å². The van der Waals surface area contributed by atoms with Gasteiger partial charge in [0, 0.05) is 20.1 Å². The number of methoxy groups -OCH3 is 1. The van der Waals surface area contributed by atoms with Crippen molar-refractivity contribution in [1.29, 1.82) is 0 Å². The number of nitrogens with zero attached hydrogens (tertiary/aromatic N) is 1. The van der Waals surface area contributed by atoms with Gasteiger partial charge in [0.15, 0.2) is 0 Å². The second-order valence-corrected chi connectivity index (χ2v) is 6.53. The van der Waals surface area contributed by atoms with Crippen LogP contribution in [0.1, 0.15) is 20.3 Å². The van der Waals surface area contributed by atoms with E-state index in [-0.39, 0.29) is 19.5 Å². The molecule has 0 bridgehead atoms. The standard InChI is InChI=1S/C10H20N2O6S/c1-10(2,9(15)18-4)7-11-19(16,17)12(3)6-5-8(13)14/h11H,5-7H2,1-4H3,(H,13,14). The number of esters is 1. The summed E-state index contributed by atoms with van der Waals surface area (Å²) in [7, 11) is -1.34. The van der Waals surface area contributed by atoms with E-state index in [9.17, 15) is 18.0 Å². The third-order valence-electron chi connectivity index (χ3n) is 2.49. The van der Waals surface area contributed by atoms with Gasteiger partial charge in [0.2, 0.25) is 0 Å². The number of aliphatic carboxylic acids is 1. The number of carbonyl (C=O) groups is 2. The number of hydrogen-bond donors (Lipinski definition) is 2. The van der Waals surface area contributed by atoms with Gasteiger partial charge in [-0.3, -0.25) is 9.59 Å². The predicted octanol–water partition coefficient (Wildman–Crippen LogP) is -0.573. The Balaban J connectivity index is 4.53. The van der Waals surface area contributed by atoms with E-state index in [1.54, 1.807) is 13.8 Å². The summed E-state index contributed by atoms with van der Waals surface area (Å²) in [5.74, 6) is -1.62. The zero-order valence-electron chi connectivity index (χ0n) is 11.5. The van der Waals surface area contributed by atoms with Gasteiger partial charge in [-0.05, 0) is 13.8 Å². The van der Waals surface area contributed by atoms with E-state index in [0.29, 0.717) is 0 Å². The van der Waals surface area contributed by atoms with Gasteiger partial charge < -0.3 is 9.84 Å². The minimum Gasteiger partial charge on any atom is -0.481 e. The lowest BCUT2D eigenvalue weighted by atomic mass is 9.94. The van der Waals surface area contributed by atoms with Gasteiger partial charge in [0.25, 0.3) is 10.2 Å². The molecular weight excluding hydrogens is 276 g/mol. The van der Waals surface area contributed by atoms with E-state index in [1.807, 2.05) is 0 Å². The predicted molar refractivity (Wildman–Crippen MR) is 67.6 cm³/mol. The molecule has 0 saturated heterocycles. The van der Waals surface area contributed by atoms with E-state index in [2.05, 4.69) is 9.46 Å². The van der Waals surface area contributed by atoms with E-state index in [4.69, 9.17) is 5.11 Å². The van der Waals surface area contributed by atoms with Crippen molar-refractivity contribution in [3.63, 3.8) is 0 Å². The fourth-order valence-electron chi connectivity index (χ4n) is 1.10. The molecule has 0 aliphatic heterocycles. The van der Waals surface area contributed by atoms with Crippen LogP contribution in [0.4, 0.5) is 0 Å². The largest absolute Gasteiger partial charge is 0.481 e. The van der Waals surface area contributed by atoms with Crippen LogP contribution in [0, 0.1) is 5.41 Å². The van der Waals surface area contributed by atoms with E-state index < -0.39 is 27.6 Å². The van der Waals surface area contributed by atoms with Crippen molar-refractivity contribution < 1.29 is 27.9 Å². The van der Waals surface area contributed by atoms with Crippen molar-refractivity contribution in [2.75, 3.05) is 27.2 Å². The molecule has 0 saturated carbocycles. The molecule has 0 atom stereocenters. The molecule has 0 aliphatic rings. The molecule has 112 valence electrons. The Morgan fingerprint density at radius 3 is 2.32 bits per heavy atom. The number of rotatable bonds is 8. The minimum atomic E-state index is -3.82. The average molecular weight is 296 g/mol. The van der Waals surface area contributed by atoms with Crippen molar-refractivity contribution in [3.05, 3.63) is 0 Å². The van der Waals surface area contributed by atoms with Crippen LogP contribution in [-0.4, -0.2) is 57.0 Å². The van der Waals surface area contributed by atoms with Crippen molar-refractivity contribution in [1.82, 2.24) is 9.03 Å². The highest BCUT2D eigenvalue weighted by atomic mass is 32.2. The Hall–Kier alpha value is -1.19. The Kier molecular flexibility index (Phi) is 6.40. The Morgan fingerprint density at radius 2 is 1.89 bits per heavy atom. The summed E-state index contributed by atoms with van der Waals surface area (Å²) < 4.78 is 31.2. The van der Waals surface area contributed by atoms with Gasteiger partial charge in [-0.15, -0.1) is 0 Å². The van der Waals surface area contributed by atoms with Crippen molar-refractivity contribution in [2.45, 2.75) is 20.3 Å². The van der Waals surface area contributed by atoms with Gasteiger partial charge in [-0.1, -0.05) is 0 Å². The molecule has 0 aromatic heterocycles. The third-order valence-corrected chi connectivity index (χ3v) is 4.00. The monoisotopic (exact) mass is 296 g/mol. The quantitative estimate of drug-likeness (QED) is 0.580. The fourth-order valence-corrected chi connectivity index (χ4v) is 2.20. The lowest BCUT2D eigenvalue weighted by Crippen LogP contribution is -2.45. The van der Waals surface area contributed by atoms with Crippen LogP contribution >= 0.6 is 0 Å². The number of hydrogen-bond acceptors (Lipinski definition) is 5. The molecule has 0 radical (unpaired) electrons. The molecule has 0 aromatic carbocycles. The van der Waals surface area contributed by atoms with E-state index >= 15 is 0 Å². The van der Waals surface area contributed by atoms with Crippen LogP contribution < -0.4 is 4.72 Å². The molecule has 0 unspecified atom stereocenters. The average Bonchev–Trinajstić information content (AvgIpc) is 2.32. The summed E-state index contributed by atoms with van der Waals surface area (Å²) in [6.07, 6.45) is -0.294. The Labute approximate surface area is 112 Å². The number of nitrogens with one attached hydrogen (secondary N) is 1. The normalized spacial score (nSPS) is 12.5. The molecule has 0 rings (SSSR count). The summed E-state index contributed by atoms with van der Waals surface area (Å²) in [6, 6.07) is 0.